The summed E-state index contributed by atoms with van der Waals surface area (Å²) in [5, 5.41) is 29.7. The van der Waals surface area contributed by atoms with E-state index in [-0.39, 0.29) is 69.9 Å². The van der Waals surface area contributed by atoms with Crippen LogP contribution in [0.1, 0.15) is 90.7 Å². The monoisotopic (exact) mass is 1120 g/mol. The molecule has 2 aromatic carbocycles. The summed E-state index contributed by atoms with van der Waals surface area (Å²) in [5.74, 6) is -11.8. The quantitative estimate of drug-likeness (QED) is 0.0187. The summed E-state index contributed by atoms with van der Waals surface area (Å²) >= 11 is 0. The van der Waals surface area contributed by atoms with Crippen LogP contribution in [0, 0.1) is 5.92 Å². The average molecular weight is 1120 g/mol. The number of carboxylic acid groups (broad SMARTS) is 1. The minimum absolute atomic E-state index is 0.00968. The number of nitrogens with one attached hydrogen (secondary N) is 8. The van der Waals surface area contributed by atoms with Crippen molar-refractivity contribution in [1.82, 2.24) is 47.4 Å². The van der Waals surface area contributed by atoms with Crippen LogP contribution in [0.15, 0.2) is 65.7 Å². The Labute approximate surface area is 463 Å². The topological polar surface area (TPSA) is 467 Å². The van der Waals surface area contributed by atoms with Crippen LogP contribution >= 0.6 is 0 Å². The van der Waals surface area contributed by atoms with Crippen molar-refractivity contribution in [2.24, 2.45) is 39.6 Å². The number of likely N-dealkylation sites (tertiary alicyclic amines) is 1. The number of amides is 11. The minimum atomic E-state index is -1.76. The van der Waals surface area contributed by atoms with Crippen LogP contribution in [0.2, 0.25) is 0 Å². The minimum Gasteiger partial charge on any atom is -0.481 e. The Bertz CT molecular complexity index is 2550. The first-order valence-corrected chi connectivity index (χ1v) is 26.1. The van der Waals surface area contributed by atoms with E-state index < -0.39 is 144 Å². The summed E-state index contributed by atoms with van der Waals surface area (Å²) in [4.78, 5) is 165. The van der Waals surface area contributed by atoms with Gasteiger partial charge in [-0.3, -0.25) is 62.5 Å². The van der Waals surface area contributed by atoms with Gasteiger partial charge >= 0.3 is 5.97 Å². The van der Waals surface area contributed by atoms with Crippen LogP contribution in [0.5, 0.6) is 0 Å². The zero-order valence-electron chi connectivity index (χ0n) is 45.5. The molecule has 28 heteroatoms. The van der Waals surface area contributed by atoms with E-state index in [0.29, 0.717) is 11.1 Å². The molecule has 1 aliphatic heterocycles. The molecule has 1 heterocycles. The number of rotatable bonds is 32. The predicted molar refractivity (Wildman–Crippen MR) is 290 cm³/mol. The Kier molecular flexibility index (Phi) is 26.5. The standard InChI is InChI=1S/C52H77N15O13/c1-27(2)22-35(47(76)61-33(18-12-20-58-52(56)57)46(75)62-34(42(55)71)23-31-14-8-6-9-15-31)63-48(77)36(24-32-16-10-7-11-17-32)64-49(78)37(25-40(54)68)65-50(79)39-19-13-21-67(39)51(80)38(26-41(69)70)66-45(74)30(5)60-44(73)29(4)59-43(72)28(3)53/h6-11,14-17,27-30,33-39H,12-13,18-26,53H2,1-5H3,(H2,54,68)(H2,55,71)(H,59,72)(H,60,73)(H,61,76)(H,62,75)(H,63,77)(H,64,78)(H,65,79)(H,66,74)(H,69,70)(H4,56,57,58)/t28-,29-,30-,33-,34-,35-,36-,37-,38-,39-/m0/s1. The van der Waals surface area contributed by atoms with E-state index in [9.17, 15) is 62.6 Å². The molecule has 438 valence electrons. The first kappa shape index (κ1) is 65.6. The number of aliphatic carboxylic acids is 1. The third-order valence-corrected chi connectivity index (χ3v) is 12.6. The zero-order chi connectivity index (χ0) is 59.8. The fraction of sp³-hybridized carbons (Fsp3) is 0.519. The van der Waals surface area contributed by atoms with Crippen LogP contribution in [-0.4, -0.2) is 160 Å². The largest absolute Gasteiger partial charge is 0.481 e. The van der Waals surface area contributed by atoms with Crippen molar-refractivity contribution in [2.45, 2.75) is 153 Å². The molecule has 19 N–H and O–H groups in total. The summed E-state index contributed by atoms with van der Waals surface area (Å²) in [5.41, 5.74) is 29.0. The van der Waals surface area contributed by atoms with Crippen molar-refractivity contribution in [3.8, 4) is 0 Å². The fourth-order valence-corrected chi connectivity index (χ4v) is 8.36. The molecule has 0 aromatic heterocycles. The first-order valence-electron chi connectivity index (χ1n) is 26.1. The molecule has 0 saturated carbocycles. The number of primary amides is 2. The molecular formula is C52H77N15O13. The van der Waals surface area contributed by atoms with Crippen molar-refractivity contribution in [3.05, 3.63) is 71.8 Å². The maximum absolute atomic E-state index is 14.5. The van der Waals surface area contributed by atoms with E-state index >= 15 is 0 Å². The van der Waals surface area contributed by atoms with E-state index in [2.05, 4.69) is 47.5 Å². The van der Waals surface area contributed by atoms with Crippen molar-refractivity contribution >= 4 is 76.9 Å². The number of carboxylic acids is 1. The molecule has 1 aliphatic rings. The van der Waals surface area contributed by atoms with E-state index in [1.54, 1.807) is 74.5 Å². The number of aliphatic imine (C=N–C) groups is 1. The molecule has 0 aliphatic carbocycles. The number of carbonyl (C=O) groups excluding carboxylic acids is 11. The van der Waals surface area contributed by atoms with Crippen LogP contribution in [0.4, 0.5) is 0 Å². The first-order chi connectivity index (χ1) is 37.7. The lowest BCUT2D eigenvalue weighted by Crippen LogP contribution is -2.61. The molecule has 0 spiro atoms. The second-order valence-electron chi connectivity index (χ2n) is 19.9. The van der Waals surface area contributed by atoms with E-state index in [1.807, 2.05) is 0 Å². The normalized spacial score (nSPS) is 16.2. The van der Waals surface area contributed by atoms with Gasteiger partial charge in [0.15, 0.2) is 5.96 Å². The van der Waals surface area contributed by atoms with Crippen molar-refractivity contribution in [3.63, 3.8) is 0 Å². The lowest BCUT2D eigenvalue weighted by molar-refractivity contribution is -0.146. The number of carbonyl (C=O) groups is 12. The molecule has 10 atom stereocenters. The van der Waals surface area contributed by atoms with Crippen LogP contribution in [0.3, 0.4) is 0 Å². The molecule has 2 aromatic rings. The van der Waals surface area contributed by atoms with Gasteiger partial charge in [-0.05, 0) is 69.9 Å². The van der Waals surface area contributed by atoms with Crippen molar-refractivity contribution in [1.29, 1.82) is 0 Å². The van der Waals surface area contributed by atoms with Gasteiger partial charge < -0.3 is 81.2 Å². The van der Waals surface area contributed by atoms with Gasteiger partial charge in [-0.15, -0.1) is 0 Å². The molecule has 3 rings (SSSR count). The van der Waals surface area contributed by atoms with Gasteiger partial charge in [-0.2, -0.15) is 0 Å². The van der Waals surface area contributed by atoms with E-state index in [1.165, 1.54) is 20.8 Å². The Morgan fingerprint density at radius 3 is 1.57 bits per heavy atom. The summed E-state index contributed by atoms with van der Waals surface area (Å²) in [6.07, 6.45) is -1.53. The van der Waals surface area contributed by atoms with Gasteiger partial charge in [0.05, 0.1) is 18.9 Å². The SMILES string of the molecule is CC(C)C[C@H](NC(=O)[C@H](Cc1ccccc1)NC(=O)[C@H](CC(N)=O)NC(=O)[C@@H]1CCCN1C(=O)[C@H](CC(=O)O)NC(=O)[C@H](C)NC(=O)[C@H](C)NC(=O)[C@H](C)N)C(=O)N[C@@H](CCCN=C(N)N)C(=O)N[C@@H](Cc1ccccc1)C(N)=O. The highest BCUT2D eigenvalue weighted by Crippen LogP contribution is 2.20. The lowest BCUT2D eigenvalue weighted by atomic mass is 9.99. The van der Waals surface area contributed by atoms with Crippen molar-refractivity contribution in [2.75, 3.05) is 13.1 Å². The summed E-state index contributed by atoms with van der Waals surface area (Å²) in [6, 6.07) is 3.51. The molecule has 0 unspecified atom stereocenters. The molecular weight excluding hydrogens is 1040 g/mol. The fourth-order valence-electron chi connectivity index (χ4n) is 8.36. The lowest BCUT2D eigenvalue weighted by Gasteiger charge is -2.30. The van der Waals surface area contributed by atoms with Crippen LogP contribution in [-0.2, 0) is 70.4 Å². The molecule has 1 fully saturated rings. The van der Waals surface area contributed by atoms with Gasteiger partial charge in [0.25, 0.3) is 0 Å². The van der Waals surface area contributed by atoms with Crippen LogP contribution < -0.4 is 71.2 Å². The Morgan fingerprint density at radius 2 is 1.05 bits per heavy atom. The molecule has 0 radical (unpaired) electrons. The van der Waals surface area contributed by atoms with Gasteiger partial charge in [0.2, 0.25) is 65.0 Å². The molecule has 28 nitrogen and oxygen atoms in total. The number of guanidine groups is 1. The molecule has 0 bridgehead atoms. The maximum atomic E-state index is 14.5. The number of hydrogen-bond donors (Lipinski definition) is 14. The zero-order valence-corrected chi connectivity index (χ0v) is 45.5. The second-order valence-corrected chi connectivity index (χ2v) is 19.9. The average Bonchev–Trinajstić information content (AvgIpc) is 3.88. The molecule has 1 saturated heterocycles. The van der Waals surface area contributed by atoms with Gasteiger partial charge in [0.1, 0.15) is 54.4 Å². The highest BCUT2D eigenvalue weighted by Gasteiger charge is 2.41. The van der Waals surface area contributed by atoms with Gasteiger partial charge in [0, 0.05) is 25.9 Å². The van der Waals surface area contributed by atoms with E-state index in [4.69, 9.17) is 28.7 Å². The second kappa shape index (κ2) is 32.3. The van der Waals surface area contributed by atoms with E-state index in [0.717, 1.165) is 4.90 Å². The Morgan fingerprint density at radius 1 is 0.575 bits per heavy atom. The third kappa shape index (κ3) is 22.3. The third-order valence-electron chi connectivity index (χ3n) is 12.6. The predicted octanol–water partition coefficient (Wildman–Crippen LogP) is -4.34. The smallest absolute Gasteiger partial charge is 0.305 e. The molecule has 11 amide bonds. The highest BCUT2D eigenvalue weighted by molar-refractivity contribution is 6.00. The molecule has 80 heavy (non-hydrogen) atoms. The van der Waals surface area contributed by atoms with Gasteiger partial charge in [-0.25, -0.2) is 0 Å². The van der Waals surface area contributed by atoms with Crippen LogP contribution in [0.25, 0.3) is 0 Å². The maximum Gasteiger partial charge on any atom is 0.305 e. The summed E-state index contributed by atoms with van der Waals surface area (Å²) in [7, 11) is 0. The Hall–Kier alpha value is -8.69. The number of benzene rings is 2. The summed E-state index contributed by atoms with van der Waals surface area (Å²) < 4.78 is 0. The highest BCUT2D eigenvalue weighted by atomic mass is 16.4. The number of nitrogens with zero attached hydrogens (tertiary/aromatic N) is 2. The Balaban J connectivity index is 1.87. The van der Waals surface area contributed by atoms with Crippen molar-refractivity contribution < 1.29 is 62.6 Å². The summed E-state index contributed by atoms with van der Waals surface area (Å²) in [6.45, 7) is 7.50. The number of hydrogen-bond acceptors (Lipinski definition) is 14. The number of nitrogens with two attached hydrogens (primary N) is 5. The van der Waals surface area contributed by atoms with Gasteiger partial charge in [-0.1, -0.05) is 74.5 Å².